The van der Waals surface area contributed by atoms with Crippen LogP contribution in [0.25, 0.3) is 0 Å². The van der Waals surface area contributed by atoms with Crippen molar-refractivity contribution in [1.82, 2.24) is 5.43 Å². The van der Waals surface area contributed by atoms with Crippen LogP contribution in [0.15, 0.2) is 59.7 Å². The number of hydrazone groups is 1. The molecule has 10 nitrogen and oxygen atoms in total. The zero-order valence-electron chi connectivity index (χ0n) is 22.0. The Hall–Kier alpha value is -3.84. The number of halogens is 2. The molecule has 3 aromatic carbocycles. The van der Waals surface area contributed by atoms with Gasteiger partial charge in [0.25, 0.3) is 5.91 Å². The highest BCUT2D eigenvalue weighted by atomic mass is 127. The molecular formula is C28H28ClIN4O6. The van der Waals surface area contributed by atoms with Crippen LogP contribution in [-0.4, -0.2) is 44.3 Å². The Morgan fingerprint density at radius 1 is 1.02 bits per heavy atom. The second-order valence-corrected chi connectivity index (χ2v) is 9.88. The third-order valence-corrected chi connectivity index (χ3v) is 6.52. The van der Waals surface area contributed by atoms with Gasteiger partial charge in [-0.05, 0) is 95.6 Å². The first-order valence-corrected chi connectivity index (χ1v) is 13.6. The molecule has 0 unspecified atom stereocenters. The van der Waals surface area contributed by atoms with Crippen molar-refractivity contribution in [1.29, 1.82) is 0 Å². The Morgan fingerprint density at radius 3 is 2.48 bits per heavy atom. The SMILES string of the molecule is CCCOc1ccc(NC(=O)C(=O)N/N=C\c2cc(I)c(OCC(=O)Nc3cccc(Cl)c3C)c(OC)c2)cc1. The predicted octanol–water partition coefficient (Wildman–Crippen LogP) is 5.16. The summed E-state index contributed by atoms with van der Waals surface area (Å²) >= 11 is 8.14. The molecule has 3 amide bonds. The van der Waals surface area contributed by atoms with E-state index in [4.69, 9.17) is 25.8 Å². The average molecular weight is 679 g/mol. The van der Waals surface area contributed by atoms with Crippen LogP contribution >= 0.6 is 34.2 Å². The van der Waals surface area contributed by atoms with Gasteiger partial charge in [0, 0.05) is 16.4 Å². The van der Waals surface area contributed by atoms with Crippen LogP contribution in [0.2, 0.25) is 5.02 Å². The van der Waals surface area contributed by atoms with E-state index < -0.39 is 11.8 Å². The lowest BCUT2D eigenvalue weighted by Gasteiger charge is -2.14. The topological polar surface area (TPSA) is 127 Å². The molecule has 0 fully saturated rings. The second-order valence-electron chi connectivity index (χ2n) is 8.31. The fourth-order valence-electron chi connectivity index (χ4n) is 3.28. The Balaban J connectivity index is 1.55. The van der Waals surface area contributed by atoms with E-state index in [9.17, 15) is 14.4 Å². The molecule has 0 aliphatic heterocycles. The number of carbonyl (C=O) groups excluding carboxylic acids is 3. The summed E-state index contributed by atoms with van der Waals surface area (Å²) in [6.45, 7) is 4.15. The van der Waals surface area contributed by atoms with Gasteiger partial charge in [-0.1, -0.05) is 24.6 Å². The van der Waals surface area contributed by atoms with Crippen molar-refractivity contribution in [2.24, 2.45) is 5.10 Å². The van der Waals surface area contributed by atoms with Gasteiger partial charge in [0.1, 0.15) is 5.75 Å². The van der Waals surface area contributed by atoms with Gasteiger partial charge in [0.2, 0.25) is 0 Å². The number of methoxy groups -OCH3 is 1. The predicted molar refractivity (Wildman–Crippen MR) is 163 cm³/mol. The molecule has 40 heavy (non-hydrogen) atoms. The molecule has 210 valence electrons. The number of ether oxygens (including phenoxy) is 3. The molecule has 0 heterocycles. The number of nitrogens with one attached hydrogen (secondary N) is 3. The number of amides is 3. The number of anilines is 2. The molecule has 3 rings (SSSR count). The summed E-state index contributed by atoms with van der Waals surface area (Å²) in [5.74, 6) is -0.781. The Bertz CT molecular complexity index is 1400. The van der Waals surface area contributed by atoms with Gasteiger partial charge < -0.3 is 24.8 Å². The van der Waals surface area contributed by atoms with Gasteiger partial charge in [-0.15, -0.1) is 0 Å². The first-order chi connectivity index (χ1) is 19.2. The summed E-state index contributed by atoms with van der Waals surface area (Å²) in [6, 6.07) is 15.3. The molecule has 0 aliphatic carbocycles. The zero-order valence-corrected chi connectivity index (χ0v) is 25.0. The highest BCUT2D eigenvalue weighted by molar-refractivity contribution is 14.1. The van der Waals surface area contributed by atoms with Crippen LogP contribution in [0.1, 0.15) is 24.5 Å². The smallest absolute Gasteiger partial charge is 0.329 e. The lowest BCUT2D eigenvalue weighted by Crippen LogP contribution is -2.32. The largest absolute Gasteiger partial charge is 0.494 e. The van der Waals surface area contributed by atoms with Crippen molar-refractivity contribution in [3.8, 4) is 17.2 Å². The van der Waals surface area contributed by atoms with Crippen molar-refractivity contribution >= 4 is 69.5 Å². The summed E-state index contributed by atoms with van der Waals surface area (Å²) in [6.07, 6.45) is 2.24. The molecule has 0 bridgehead atoms. The molecular weight excluding hydrogens is 651 g/mol. The normalized spacial score (nSPS) is 10.6. The molecule has 0 atom stereocenters. The van der Waals surface area contributed by atoms with Crippen LogP contribution in [0.5, 0.6) is 17.2 Å². The summed E-state index contributed by atoms with van der Waals surface area (Å²) in [5.41, 5.74) is 4.55. The number of carbonyl (C=O) groups is 3. The Morgan fingerprint density at radius 2 is 1.77 bits per heavy atom. The molecule has 3 aromatic rings. The summed E-state index contributed by atoms with van der Waals surface area (Å²) in [5, 5.41) is 9.67. The van der Waals surface area contributed by atoms with Gasteiger partial charge >= 0.3 is 11.8 Å². The Kier molecular flexibility index (Phi) is 11.6. The van der Waals surface area contributed by atoms with Crippen molar-refractivity contribution in [2.75, 3.05) is 31.0 Å². The quantitative estimate of drug-likeness (QED) is 0.111. The third-order valence-electron chi connectivity index (χ3n) is 5.31. The monoisotopic (exact) mass is 678 g/mol. The number of hydrogen-bond donors (Lipinski definition) is 3. The molecule has 12 heteroatoms. The maximum atomic E-state index is 12.4. The highest BCUT2D eigenvalue weighted by Gasteiger charge is 2.15. The van der Waals surface area contributed by atoms with Crippen LogP contribution in [0, 0.1) is 10.5 Å². The first-order valence-electron chi connectivity index (χ1n) is 12.1. The fraction of sp³-hybridized carbons (Fsp3) is 0.214. The van der Waals surface area contributed by atoms with E-state index in [0.29, 0.717) is 49.4 Å². The minimum atomic E-state index is -0.940. The van der Waals surface area contributed by atoms with E-state index in [2.05, 4.69) is 21.2 Å². The van der Waals surface area contributed by atoms with Crippen LogP contribution in [0.4, 0.5) is 11.4 Å². The van der Waals surface area contributed by atoms with Gasteiger partial charge in [-0.2, -0.15) is 5.10 Å². The minimum Gasteiger partial charge on any atom is -0.494 e. The van der Waals surface area contributed by atoms with Gasteiger partial charge in [0.05, 0.1) is 23.5 Å². The zero-order chi connectivity index (χ0) is 29.1. The summed E-state index contributed by atoms with van der Waals surface area (Å²) < 4.78 is 17.3. The molecule has 3 N–H and O–H groups in total. The van der Waals surface area contributed by atoms with Crippen LogP contribution in [0.3, 0.4) is 0 Å². The molecule has 0 radical (unpaired) electrons. The fourth-order valence-corrected chi connectivity index (χ4v) is 4.24. The maximum absolute atomic E-state index is 12.4. The van der Waals surface area contributed by atoms with Crippen molar-refractivity contribution < 1.29 is 28.6 Å². The van der Waals surface area contributed by atoms with Crippen molar-refractivity contribution in [3.05, 3.63) is 74.3 Å². The average Bonchev–Trinajstić information content (AvgIpc) is 2.94. The van der Waals surface area contributed by atoms with E-state index in [1.807, 2.05) is 36.4 Å². The Labute approximate surface area is 250 Å². The minimum absolute atomic E-state index is 0.259. The van der Waals surface area contributed by atoms with Crippen molar-refractivity contribution in [3.63, 3.8) is 0 Å². The van der Waals surface area contributed by atoms with Gasteiger partial charge in [-0.25, -0.2) is 5.43 Å². The number of benzene rings is 3. The number of hydrogen-bond acceptors (Lipinski definition) is 7. The van der Waals surface area contributed by atoms with E-state index in [0.717, 1.165) is 12.0 Å². The maximum Gasteiger partial charge on any atom is 0.329 e. The first kappa shape index (κ1) is 30.7. The lowest BCUT2D eigenvalue weighted by molar-refractivity contribution is -0.136. The second kappa shape index (κ2) is 15.1. The molecule has 0 saturated carbocycles. The van der Waals surface area contributed by atoms with Crippen LogP contribution in [-0.2, 0) is 14.4 Å². The molecule has 0 aliphatic rings. The van der Waals surface area contributed by atoms with E-state index in [-0.39, 0.29) is 12.5 Å². The van der Waals surface area contributed by atoms with E-state index in [1.54, 1.807) is 54.6 Å². The molecule has 0 saturated heterocycles. The standard InChI is InChI=1S/C28H28ClIN4O6/c1-4-12-39-20-10-8-19(9-11-20)32-27(36)28(37)34-31-15-18-13-22(30)26(24(14-18)38-3)40-16-25(35)33-23-7-5-6-21(29)17(23)2/h5-11,13-15H,4,12,16H2,1-3H3,(H,32,36)(H,33,35)(H,34,37)/b31-15-. The van der Waals surface area contributed by atoms with E-state index in [1.165, 1.54) is 13.3 Å². The van der Waals surface area contributed by atoms with Gasteiger partial charge in [-0.3, -0.25) is 14.4 Å². The lowest BCUT2D eigenvalue weighted by atomic mass is 10.2. The van der Waals surface area contributed by atoms with Crippen LogP contribution < -0.4 is 30.3 Å². The van der Waals surface area contributed by atoms with E-state index >= 15 is 0 Å². The highest BCUT2D eigenvalue weighted by Crippen LogP contribution is 2.33. The molecule has 0 spiro atoms. The van der Waals surface area contributed by atoms with Gasteiger partial charge in [0.15, 0.2) is 18.1 Å². The summed E-state index contributed by atoms with van der Waals surface area (Å²) in [4.78, 5) is 36.8. The molecule has 0 aromatic heterocycles. The van der Waals surface area contributed by atoms with Crippen molar-refractivity contribution in [2.45, 2.75) is 20.3 Å². The third kappa shape index (κ3) is 8.85. The number of rotatable bonds is 11. The summed E-state index contributed by atoms with van der Waals surface area (Å²) in [7, 11) is 1.46. The number of nitrogens with zero attached hydrogens (tertiary/aromatic N) is 1.